The predicted molar refractivity (Wildman–Crippen MR) is 133 cm³/mol. The van der Waals surface area contributed by atoms with E-state index in [9.17, 15) is 0 Å². The molecule has 2 aromatic carbocycles. The molecule has 174 valence electrons. The molecule has 5 aromatic rings. The summed E-state index contributed by atoms with van der Waals surface area (Å²) < 4.78 is 14.3. The fraction of sp³-hybridized carbons (Fsp3) is 0.280. The van der Waals surface area contributed by atoms with Gasteiger partial charge in [0.1, 0.15) is 5.76 Å². The van der Waals surface area contributed by atoms with Gasteiger partial charge in [-0.25, -0.2) is 0 Å². The summed E-state index contributed by atoms with van der Waals surface area (Å²) in [4.78, 5) is 0. The number of aromatic amines is 1. The van der Waals surface area contributed by atoms with Gasteiger partial charge in [0.2, 0.25) is 5.82 Å². The third-order valence-electron chi connectivity index (χ3n) is 5.81. The quantitative estimate of drug-likeness (QED) is 0.264. The molecule has 1 N–H and O–H groups in total. The maximum absolute atomic E-state index is 6.20. The Labute approximate surface area is 205 Å². The molecule has 0 bridgehead atoms. The normalized spacial score (nSPS) is 11.5. The number of hydrogen-bond acceptors (Lipinski definition) is 6. The summed E-state index contributed by atoms with van der Waals surface area (Å²) in [6.07, 6.45) is 3.28. The van der Waals surface area contributed by atoms with Crippen molar-refractivity contribution in [3.8, 4) is 22.7 Å². The first-order chi connectivity index (χ1) is 16.7. The van der Waals surface area contributed by atoms with Gasteiger partial charge >= 0.3 is 0 Å². The van der Waals surface area contributed by atoms with Crippen LogP contribution in [0.25, 0.3) is 33.5 Å². The zero-order valence-corrected chi connectivity index (χ0v) is 20.7. The standard InChI is InChI=1S/C25H25BrN6O2/c1-3-4-7-18-13-17(15-33-2)29-32(18)14-16-10-11-20-22(12-16)24(26)34-23(20)19-8-5-6-9-21(19)25-27-30-31-28-25/h5-6,8-13H,3-4,7,14-15H2,1-2H3,(H,27,28,30,31). The maximum Gasteiger partial charge on any atom is 0.205 e. The number of fused-ring (bicyclic) bond motifs is 1. The SMILES string of the molecule is CCCCc1cc(COC)nn1Cc1ccc2c(-c3ccccc3-c3nn[nH]n3)oc(Br)c2c1. The van der Waals surface area contributed by atoms with Crippen molar-refractivity contribution in [1.82, 2.24) is 30.4 Å². The number of furan rings is 1. The number of ether oxygens (including phenoxy) is 1. The highest BCUT2D eigenvalue weighted by atomic mass is 79.9. The minimum Gasteiger partial charge on any atom is -0.448 e. The molecule has 0 saturated carbocycles. The van der Waals surface area contributed by atoms with E-state index in [-0.39, 0.29) is 0 Å². The van der Waals surface area contributed by atoms with E-state index in [1.807, 2.05) is 24.3 Å². The van der Waals surface area contributed by atoms with Crippen molar-refractivity contribution >= 4 is 26.7 Å². The monoisotopic (exact) mass is 520 g/mol. The van der Waals surface area contributed by atoms with Crippen LogP contribution in [-0.2, 0) is 24.3 Å². The van der Waals surface area contributed by atoms with Crippen molar-refractivity contribution in [3.63, 3.8) is 0 Å². The highest BCUT2D eigenvalue weighted by Gasteiger charge is 2.19. The van der Waals surface area contributed by atoms with Crippen LogP contribution in [-0.4, -0.2) is 37.5 Å². The van der Waals surface area contributed by atoms with Gasteiger partial charge in [0, 0.05) is 34.7 Å². The predicted octanol–water partition coefficient (Wildman–Crippen LogP) is 5.78. The first-order valence-electron chi connectivity index (χ1n) is 11.3. The minimum absolute atomic E-state index is 0.515. The van der Waals surface area contributed by atoms with E-state index in [0.29, 0.717) is 23.6 Å². The van der Waals surface area contributed by atoms with Crippen LogP contribution in [0.4, 0.5) is 0 Å². The van der Waals surface area contributed by atoms with Crippen LogP contribution in [0.3, 0.4) is 0 Å². The Morgan fingerprint density at radius 3 is 2.71 bits per heavy atom. The van der Waals surface area contributed by atoms with Crippen LogP contribution in [0.5, 0.6) is 0 Å². The molecule has 0 aliphatic heterocycles. The Kier molecular flexibility index (Phi) is 6.55. The molecule has 0 amide bonds. The van der Waals surface area contributed by atoms with Gasteiger partial charge in [0.05, 0.1) is 18.8 Å². The first kappa shape index (κ1) is 22.5. The van der Waals surface area contributed by atoms with E-state index in [2.05, 4.69) is 72.4 Å². The Balaban J connectivity index is 1.51. The van der Waals surface area contributed by atoms with Gasteiger partial charge in [0.15, 0.2) is 4.67 Å². The second-order valence-electron chi connectivity index (χ2n) is 8.19. The molecule has 0 aliphatic rings. The summed E-state index contributed by atoms with van der Waals surface area (Å²) in [5, 5.41) is 21.3. The van der Waals surface area contributed by atoms with Crippen LogP contribution >= 0.6 is 15.9 Å². The molecule has 3 heterocycles. The van der Waals surface area contributed by atoms with Gasteiger partial charge in [-0.05, 0) is 51.7 Å². The largest absolute Gasteiger partial charge is 0.448 e. The molecule has 3 aromatic heterocycles. The molecule has 8 nitrogen and oxygen atoms in total. The number of halogens is 1. The van der Waals surface area contributed by atoms with E-state index in [1.165, 1.54) is 5.69 Å². The number of methoxy groups -OCH3 is 1. The van der Waals surface area contributed by atoms with Gasteiger partial charge in [0.25, 0.3) is 0 Å². The lowest BCUT2D eigenvalue weighted by atomic mass is 10.0. The van der Waals surface area contributed by atoms with Crippen molar-refractivity contribution in [2.45, 2.75) is 39.3 Å². The number of rotatable bonds is 9. The third kappa shape index (κ3) is 4.41. The van der Waals surface area contributed by atoms with Gasteiger partial charge in [-0.15, -0.1) is 10.2 Å². The average Bonchev–Trinajstić information content (AvgIpc) is 3.58. The lowest BCUT2D eigenvalue weighted by molar-refractivity contribution is 0.181. The van der Waals surface area contributed by atoms with Gasteiger partial charge in [-0.3, -0.25) is 4.68 Å². The first-order valence-corrected chi connectivity index (χ1v) is 12.1. The third-order valence-corrected chi connectivity index (χ3v) is 6.40. The molecule has 0 saturated heterocycles. The second kappa shape index (κ2) is 9.90. The summed E-state index contributed by atoms with van der Waals surface area (Å²) in [6, 6.07) is 16.4. The summed E-state index contributed by atoms with van der Waals surface area (Å²) in [5.74, 6) is 1.29. The molecule has 0 radical (unpaired) electrons. The molecule has 0 spiro atoms. The number of nitrogens with one attached hydrogen (secondary N) is 1. The summed E-state index contributed by atoms with van der Waals surface area (Å²) in [6.45, 7) is 3.41. The van der Waals surface area contributed by atoms with E-state index >= 15 is 0 Å². The molecule has 34 heavy (non-hydrogen) atoms. The number of aromatic nitrogens is 6. The van der Waals surface area contributed by atoms with Crippen LogP contribution in [0.1, 0.15) is 36.7 Å². The van der Waals surface area contributed by atoms with E-state index < -0.39 is 0 Å². The number of unbranched alkanes of at least 4 members (excludes halogenated alkanes) is 1. The van der Waals surface area contributed by atoms with Crippen LogP contribution in [0, 0.1) is 0 Å². The van der Waals surface area contributed by atoms with Crippen molar-refractivity contribution in [2.24, 2.45) is 0 Å². The van der Waals surface area contributed by atoms with E-state index in [0.717, 1.165) is 58.2 Å². The smallest absolute Gasteiger partial charge is 0.205 e. The molecular formula is C25H25BrN6O2. The highest BCUT2D eigenvalue weighted by molar-refractivity contribution is 9.10. The Morgan fingerprint density at radius 2 is 1.94 bits per heavy atom. The second-order valence-corrected chi connectivity index (χ2v) is 8.91. The lowest BCUT2D eigenvalue weighted by Gasteiger charge is -2.08. The number of hydrogen-bond donors (Lipinski definition) is 1. The molecule has 9 heteroatoms. The fourth-order valence-electron chi connectivity index (χ4n) is 4.20. The summed E-state index contributed by atoms with van der Waals surface area (Å²) in [7, 11) is 1.70. The highest BCUT2D eigenvalue weighted by Crippen LogP contribution is 2.40. The van der Waals surface area contributed by atoms with Crippen molar-refractivity contribution in [1.29, 1.82) is 0 Å². The Morgan fingerprint density at radius 1 is 1.09 bits per heavy atom. The Hall–Kier alpha value is -3.30. The Bertz CT molecular complexity index is 1410. The zero-order chi connectivity index (χ0) is 23.5. The van der Waals surface area contributed by atoms with Crippen molar-refractivity contribution in [2.75, 3.05) is 7.11 Å². The number of benzene rings is 2. The van der Waals surface area contributed by atoms with Gasteiger partial charge in [-0.1, -0.05) is 49.7 Å². The lowest BCUT2D eigenvalue weighted by Crippen LogP contribution is -2.07. The van der Waals surface area contributed by atoms with Crippen molar-refractivity contribution < 1.29 is 9.15 Å². The van der Waals surface area contributed by atoms with E-state index in [4.69, 9.17) is 14.3 Å². The topological polar surface area (TPSA) is 94.7 Å². The number of H-pyrrole nitrogens is 1. The van der Waals surface area contributed by atoms with Crippen LogP contribution in [0.2, 0.25) is 0 Å². The molecule has 5 rings (SSSR count). The van der Waals surface area contributed by atoms with E-state index in [1.54, 1.807) is 7.11 Å². The number of nitrogens with zero attached hydrogens (tertiary/aromatic N) is 5. The molecule has 0 aliphatic carbocycles. The van der Waals surface area contributed by atoms with Gasteiger partial charge < -0.3 is 9.15 Å². The van der Waals surface area contributed by atoms with Crippen LogP contribution in [0.15, 0.2) is 57.6 Å². The fourth-order valence-corrected chi connectivity index (χ4v) is 4.69. The summed E-state index contributed by atoms with van der Waals surface area (Å²) in [5.41, 5.74) is 5.10. The van der Waals surface area contributed by atoms with Crippen LogP contribution < -0.4 is 0 Å². The number of aryl methyl sites for hydroxylation is 1. The molecular weight excluding hydrogens is 496 g/mol. The molecule has 0 fully saturated rings. The van der Waals surface area contributed by atoms with Gasteiger partial charge in [-0.2, -0.15) is 10.3 Å². The molecule has 0 atom stereocenters. The maximum atomic E-state index is 6.20. The number of tetrazole rings is 1. The summed E-state index contributed by atoms with van der Waals surface area (Å²) >= 11 is 3.63. The van der Waals surface area contributed by atoms with Crippen molar-refractivity contribution in [3.05, 3.63) is 70.2 Å². The minimum atomic E-state index is 0.515. The zero-order valence-electron chi connectivity index (χ0n) is 19.1. The average molecular weight is 521 g/mol. The molecule has 0 unspecified atom stereocenters.